The topological polar surface area (TPSA) is 110 Å². The summed E-state index contributed by atoms with van der Waals surface area (Å²) in [4.78, 5) is 12.2. The second kappa shape index (κ2) is 7.46. The molecule has 8 nitrogen and oxygen atoms in total. The van der Waals surface area contributed by atoms with Gasteiger partial charge >= 0.3 is 0 Å². The van der Waals surface area contributed by atoms with Crippen LogP contribution < -0.4 is 15.4 Å². The Balaban J connectivity index is 1.63. The number of benzene rings is 1. The molecule has 2 N–H and O–H groups in total. The second-order valence-corrected chi connectivity index (χ2v) is 8.49. The average Bonchev–Trinajstić information content (AvgIpc) is 2.94. The van der Waals surface area contributed by atoms with Crippen LogP contribution in [0, 0.1) is 0 Å². The Kier molecular flexibility index (Phi) is 5.28. The number of nitrogens with zero attached hydrogens (tertiary/aromatic N) is 2. The minimum atomic E-state index is -2.97. The maximum Gasteiger partial charge on any atom is 0.276 e. The van der Waals surface area contributed by atoms with Gasteiger partial charge < -0.3 is 15.4 Å². The highest BCUT2D eigenvalue weighted by Crippen LogP contribution is 2.27. The molecule has 0 bridgehead atoms. The van der Waals surface area contributed by atoms with Crippen LogP contribution in [0.15, 0.2) is 30.3 Å². The molecule has 2 heterocycles. The fourth-order valence-corrected chi connectivity index (χ4v) is 4.52. The molecule has 1 saturated heterocycles. The van der Waals surface area contributed by atoms with Crippen molar-refractivity contribution >= 4 is 38.9 Å². The van der Waals surface area contributed by atoms with E-state index in [1.807, 2.05) is 0 Å². The molecule has 0 spiro atoms. The Morgan fingerprint density at radius 3 is 2.65 bits per heavy atom. The second-order valence-electron chi connectivity index (χ2n) is 5.85. The third kappa shape index (κ3) is 4.41. The molecule has 1 aliphatic heterocycles. The third-order valence-corrected chi connectivity index (χ3v) is 5.95. The lowest BCUT2D eigenvalue weighted by atomic mass is 10.2. The third-order valence-electron chi connectivity index (χ3n) is 3.89. The number of ether oxygens (including phenoxy) is 1. The van der Waals surface area contributed by atoms with Crippen molar-refractivity contribution in [1.29, 1.82) is 0 Å². The molecule has 1 amide bonds. The van der Waals surface area contributed by atoms with Crippen LogP contribution in [0.4, 0.5) is 11.5 Å². The summed E-state index contributed by atoms with van der Waals surface area (Å²) in [6.45, 7) is 0. The first-order valence-corrected chi connectivity index (χ1v) is 10.0. The van der Waals surface area contributed by atoms with E-state index >= 15 is 0 Å². The van der Waals surface area contributed by atoms with Crippen LogP contribution in [0.25, 0.3) is 0 Å². The van der Waals surface area contributed by atoms with E-state index in [1.165, 1.54) is 13.2 Å². The van der Waals surface area contributed by atoms with Crippen LogP contribution in [0.2, 0.25) is 5.02 Å². The van der Waals surface area contributed by atoms with Gasteiger partial charge in [0.15, 0.2) is 15.5 Å². The Labute approximate surface area is 155 Å². The van der Waals surface area contributed by atoms with E-state index in [1.54, 1.807) is 24.3 Å². The van der Waals surface area contributed by atoms with Crippen LogP contribution in [-0.4, -0.2) is 49.2 Å². The van der Waals surface area contributed by atoms with Crippen molar-refractivity contribution in [3.8, 4) is 5.75 Å². The molecule has 1 aliphatic rings. The summed E-state index contributed by atoms with van der Waals surface area (Å²) in [5.74, 6) is 0.747. The first kappa shape index (κ1) is 18.4. The highest BCUT2D eigenvalue weighted by molar-refractivity contribution is 7.91. The molecule has 1 aromatic heterocycles. The molecule has 1 fully saturated rings. The highest BCUT2D eigenvalue weighted by Gasteiger charge is 2.28. The van der Waals surface area contributed by atoms with Gasteiger partial charge in [0.25, 0.3) is 5.91 Å². The molecule has 1 aromatic carbocycles. The first-order valence-electron chi connectivity index (χ1n) is 7.82. The van der Waals surface area contributed by atoms with E-state index in [4.69, 9.17) is 16.3 Å². The van der Waals surface area contributed by atoms with Gasteiger partial charge in [-0.2, -0.15) is 0 Å². The number of hydrogen-bond donors (Lipinski definition) is 2. The number of carbonyl (C=O) groups is 1. The molecule has 10 heteroatoms. The fraction of sp³-hybridized carbons (Fsp3) is 0.312. The van der Waals surface area contributed by atoms with Crippen LogP contribution in [-0.2, 0) is 9.84 Å². The summed E-state index contributed by atoms with van der Waals surface area (Å²) < 4.78 is 28.0. The monoisotopic (exact) mass is 396 g/mol. The van der Waals surface area contributed by atoms with Crippen molar-refractivity contribution in [3.63, 3.8) is 0 Å². The van der Waals surface area contributed by atoms with E-state index in [2.05, 4.69) is 20.8 Å². The minimum Gasteiger partial charge on any atom is -0.495 e. The molecule has 138 valence electrons. The molecule has 2 aromatic rings. The lowest BCUT2D eigenvalue weighted by molar-refractivity contribution is 0.102. The van der Waals surface area contributed by atoms with Gasteiger partial charge in [0.2, 0.25) is 0 Å². The molecule has 1 unspecified atom stereocenters. The Morgan fingerprint density at radius 1 is 1.27 bits per heavy atom. The predicted molar refractivity (Wildman–Crippen MR) is 98.7 cm³/mol. The summed E-state index contributed by atoms with van der Waals surface area (Å²) in [6, 6.07) is 7.80. The number of rotatable bonds is 5. The number of hydrogen-bond acceptors (Lipinski definition) is 7. The summed E-state index contributed by atoms with van der Waals surface area (Å²) in [5.41, 5.74) is 0.627. The van der Waals surface area contributed by atoms with Gasteiger partial charge in [-0.25, -0.2) is 8.42 Å². The normalized spacial score (nSPS) is 18.3. The van der Waals surface area contributed by atoms with Crippen LogP contribution in [0.1, 0.15) is 16.9 Å². The number of aromatic nitrogens is 2. The molecule has 0 aliphatic carbocycles. The van der Waals surface area contributed by atoms with Crippen molar-refractivity contribution in [2.75, 3.05) is 29.2 Å². The number of halogens is 1. The molecule has 1 atom stereocenters. The smallest absolute Gasteiger partial charge is 0.276 e. The van der Waals surface area contributed by atoms with E-state index in [-0.39, 0.29) is 23.2 Å². The van der Waals surface area contributed by atoms with E-state index in [0.29, 0.717) is 28.7 Å². The number of carbonyl (C=O) groups excluding carboxylic acids is 1. The zero-order chi connectivity index (χ0) is 18.7. The van der Waals surface area contributed by atoms with E-state index in [0.717, 1.165) is 0 Å². The molecule has 0 saturated carbocycles. The summed E-state index contributed by atoms with van der Waals surface area (Å²) in [5, 5.41) is 13.9. The first-order chi connectivity index (χ1) is 12.4. The van der Waals surface area contributed by atoms with Gasteiger partial charge in [-0.1, -0.05) is 11.6 Å². The maximum absolute atomic E-state index is 12.2. The van der Waals surface area contributed by atoms with Gasteiger partial charge in [0.1, 0.15) is 11.6 Å². The average molecular weight is 397 g/mol. The number of nitrogens with one attached hydrogen (secondary N) is 2. The Morgan fingerprint density at radius 2 is 2.08 bits per heavy atom. The SMILES string of the molecule is COc1ccc(NC(=O)c2ccc(NC3CCS(=O)(=O)C3)nn2)cc1Cl. The van der Waals surface area contributed by atoms with Crippen LogP contribution in [0.3, 0.4) is 0 Å². The van der Waals surface area contributed by atoms with Gasteiger partial charge in [-0.3, -0.25) is 4.79 Å². The number of methoxy groups -OCH3 is 1. The zero-order valence-electron chi connectivity index (χ0n) is 13.9. The fourth-order valence-electron chi connectivity index (χ4n) is 2.59. The summed E-state index contributed by atoms with van der Waals surface area (Å²) in [7, 11) is -1.47. The Bertz CT molecular complexity index is 918. The van der Waals surface area contributed by atoms with Crippen molar-refractivity contribution < 1.29 is 17.9 Å². The quantitative estimate of drug-likeness (QED) is 0.795. The summed E-state index contributed by atoms with van der Waals surface area (Å²) >= 11 is 6.03. The lowest BCUT2D eigenvalue weighted by Gasteiger charge is -2.11. The molecule has 3 rings (SSSR count). The highest BCUT2D eigenvalue weighted by atomic mass is 35.5. The lowest BCUT2D eigenvalue weighted by Crippen LogP contribution is -2.22. The van der Waals surface area contributed by atoms with E-state index < -0.39 is 15.7 Å². The van der Waals surface area contributed by atoms with Crippen molar-refractivity contribution in [3.05, 3.63) is 41.0 Å². The molecule has 26 heavy (non-hydrogen) atoms. The largest absolute Gasteiger partial charge is 0.495 e. The predicted octanol–water partition coefficient (Wildman–Crippen LogP) is 1.99. The zero-order valence-corrected chi connectivity index (χ0v) is 15.5. The van der Waals surface area contributed by atoms with Crippen molar-refractivity contribution in [2.24, 2.45) is 0 Å². The van der Waals surface area contributed by atoms with Gasteiger partial charge in [0, 0.05) is 11.7 Å². The van der Waals surface area contributed by atoms with Gasteiger partial charge in [-0.05, 0) is 36.8 Å². The van der Waals surface area contributed by atoms with Gasteiger partial charge in [0.05, 0.1) is 23.6 Å². The molecular weight excluding hydrogens is 380 g/mol. The number of anilines is 2. The minimum absolute atomic E-state index is 0.0785. The molecular formula is C16H17ClN4O4S. The molecule has 0 radical (unpaired) electrons. The maximum atomic E-state index is 12.2. The standard InChI is InChI=1S/C16H17ClN4O4S/c1-25-14-4-2-10(8-12(14)17)19-16(22)13-3-5-15(21-20-13)18-11-6-7-26(23,24)9-11/h2-5,8,11H,6-7,9H2,1H3,(H,18,21)(H,19,22). The number of amides is 1. The Hall–Kier alpha value is -2.39. The van der Waals surface area contributed by atoms with Crippen molar-refractivity contribution in [2.45, 2.75) is 12.5 Å². The summed E-state index contributed by atoms with van der Waals surface area (Å²) in [6.07, 6.45) is 0.532. The van der Waals surface area contributed by atoms with E-state index in [9.17, 15) is 13.2 Å². The van der Waals surface area contributed by atoms with Gasteiger partial charge in [-0.15, -0.1) is 10.2 Å². The van der Waals surface area contributed by atoms with Crippen molar-refractivity contribution in [1.82, 2.24) is 10.2 Å². The van der Waals surface area contributed by atoms with Crippen LogP contribution in [0.5, 0.6) is 5.75 Å². The van der Waals surface area contributed by atoms with Crippen LogP contribution >= 0.6 is 11.6 Å². The number of sulfone groups is 1.